The minimum atomic E-state index is -0.351. The molecule has 0 aliphatic rings. The maximum absolute atomic E-state index is 10.9. The van der Waals surface area contributed by atoms with Crippen LogP contribution < -0.4 is 0 Å². The molecule has 0 fully saturated rings. The third-order valence-electron chi connectivity index (χ3n) is 2.46. The van der Waals surface area contributed by atoms with Crippen LogP contribution in [0.1, 0.15) is 11.4 Å². The summed E-state index contributed by atoms with van der Waals surface area (Å²) in [6, 6.07) is 10.8. The van der Waals surface area contributed by atoms with E-state index in [0.717, 1.165) is 11.4 Å². The molecule has 1 aromatic carbocycles. The molecule has 5 heteroatoms. The van der Waals surface area contributed by atoms with Crippen LogP contribution >= 0.6 is 11.9 Å². The third-order valence-corrected chi connectivity index (χ3v) is 3.76. The highest BCUT2D eigenvalue weighted by Crippen LogP contribution is 2.31. The molecule has 1 heterocycles. The SMILES string of the molecule is Cc1ccc(C)n1Sc1ccccc1[N+](=O)[O-]. The maximum Gasteiger partial charge on any atom is 0.284 e. The predicted molar refractivity (Wildman–Crippen MR) is 68.3 cm³/mol. The minimum Gasteiger partial charge on any atom is -0.289 e. The monoisotopic (exact) mass is 248 g/mol. The first-order valence-electron chi connectivity index (χ1n) is 5.16. The molecular weight excluding hydrogens is 236 g/mol. The lowest BCUT2D eigenvalue weighted by molar-refractivity contribution is -0.387. The van der Waals surface area contributed by atoms with Gasteiger partial charge in [-0.1, -0.05) is 12.1 Å². The molecule has 0 radical (unpaired) electrons. The first-order chi connectivity index (χ1) is 8.09. The third kappa shape index (κ3) is 2.34. The minimum absolute atomic E-state index is 0.144. The summed E-state index contributed by atoms with van der Waals surface area (Å²) in [7, 11) is 0. The van der Waals surface area contributed by atoms with Gasteiger partial charge in [-0.05, 0) is 44.0 Å². The lowest BCUT2D eigenvalue weighted by Crippen LogP contribution is -1.95. The van der Waals surface area contributed by atoms with Gasteiger partial charge in [0.15, 0.2) is 0 Å². The van der Waals surface area contributed by atoms with Gasteiger partial charge < -0.3 is 0 Å². The van der Waals surface area contributed by atoms with Crippen molar-refractivity contribution in [2.45, 2.75) is 18.7 Å². The van der Waals surface area contributed by atoms with Crippen molar-refractivity contribution in [1.29, 1.82) is 0 Å². The number of nitro benzene ring substituents is 1. The van der Waals surface area contributed by atoms with E-state index in [-0.39, 0.29) is 10.6 Å². The van der Waals surface area contributed by atoms with E-state index in [1.54, 1.807) is 12.1 Å². The molecule has 0 spiro atoms. The van der Waals surface area contributed by atoms with Crippen LogP contribution in [0.15, 0.2) is 41.3 Å². The van der Waals surface area contributed by atoms with Crippen molar-refractivity contribution < 1.29 is 4.92 Å². The van der Waals surface area contributed by atoms with Gasteiger partial charge in [-0.15, -0.1) is 0 Å². The Morgan fingerprint density at radius 2 is 1.71 bits per heavy atom. The van der Waals surface area contributed by atoms with Crippen molar-refractivity contribution in [3.8, 4) is 0 Å². The van der Waals surface area contributed by atoms with Gasteiger partial charge in [0.2, 0.25) is 0 Å². The molecule has 0 atom stereocenters. The molecule has 88 valence electrons. The molecule has 0 N–H and O–H groups in total. The van der Waals surface area contributed by atoms with Crippen molar-refractivity contribution >= 4 is 17.6 Å². The van der Waals surface area contributed by atoms with E-state index >= 15 is 0 Å². The number of aryl methyl sites for hydroxylation is 2. The summed E-state index contributed by atoms with van der Waals surface area (Å²) >= 11 is 1.38. The smallest absolute Gasteiger partial charge is 0.284 e. The molecule has 4 nitrogen and oxygen atoms in total. The zero-order valence-corrected chi connectivity index (χ0v) is 10.4. The molecule has 0 saturated carbocycles. The fourth-order valence-electron chi connectivity index (χ4n) is 1.58. The lowest BCUT2D eigenvalue weighted by atomic mass is 10.3. The zero-order chi connectivity index (χ0) is 12.4. The molecule has 0 aliphatic heterocycles. The molecule has 0 unspecified atom stereocenters. The average Bonchev–Trinajstić information content (AvgIpc) is 2.61. The van der Waals surface area contributed by atoms with Crippen LogP contribution in [0.5, 0.6) is 0 Å². The van der Waals surface area contributed by atoms with Crippen LogP contribution in [0.25, 0.3) is 0 Å². The van der Waals surface area contributed by atoms with E-state index in [1.165, 1.54) is 18.0 Å². The highest BCUT2D eigenvalue weighted by molar-refractivity contribution is 7.98. The Morgan fingerprint density at radius 3 is 2.29 bits per heavy atom. The quantitative estimate of drug-likeness (QED) is 0.616. The molecule has 0 saturated heterocycles. The number of nitro groups is 1. The summed E-state index contributed by atoms with van der Waals surface area (Å²) in [5.74, 6) is 0. The molecule has 2 aromatic rings. The standard InChI is InChI=1S/C12H12N2O2S/c1-9-7-8-10(2)13(9)17-12-6-4-3-5-11(12)14(15)16/h3-8H,1-2H3. The van der Waals surface area contributed by atoms with Gasteiger partial charge in [0.1, 0.15) is 4.90 Å². The Bertz CT molecular complexity index is 544. The number of hydrogen-bond acceptors (Lipinski definition) is 3. The molecule has 0 amide bonds. The van der Waals surface area contributed by atoms with Crippen LogP contribution in [-0.4, -0.2) is 8.90 Å². The summed E-state index contributed by atoms with van der Waals surface area (Å²) < 4.78 is 1.99. The fraction of sp³-hybridized carbons (Fsp3) is 0.167. The summed E-state index contributed by atoms with van der Waals surface area (Å²) in [5, 5.41) is 10.9. The van der Waals surface area contributed by atoms with E-state index in [9.17, 15) is 10.1 Å². The van der Waals surface area contributed by atoms with Gasteiger partial charge in [-0.2, -0.15) is 0 Å². The summed E-state index contributed by atoms with van der Waals surface area (Å²) in [6.45, 7) is 3.96. The van der Waals surface area contributed by atoms with Gasteiger partial charge in [-0.25, -0.2) is 0 Å². The number of para-hydroxylation sites is 1. The van der Waals surface area contributed by atoms with Crippen molar-refractivity contribution in [3.05, 3.63) is 57.9 Å². The van der Waals surface area contributed by atoms with Gasteiger partial charge in [-0.3, -0.25) is 14.1 Å². The Kier molecular flexibility index (Phi) is 3.19. The summed E-state index contributed by atoms with van der Waals surface area (Å²) in [5.41, 5.74) is 2.29. The molecule has 0 aliphatic carbocycles. The maximum atomic E-state index is 10.9. The van der Waals surface area contributed by atoms with Gasteiger partial charge >= 0.3 is 0 Å². The van der Waals surface area contributed by atoms with E-state index in [0.29, 0.717) is 4.90 Å². The second kappa shape index (κ2) is 4.63. The highest BCUT2D eigenvalue weighted by atomic mass is 32.2. The number of benzene rings is 1. The topological polar surface area (TPSA) is 48.1 Å². The molecular formula is C12H12N2O2S. The zero-order valence-electron chi connectivity index (χ0n) is 9.58. The number of hydrogen-bond donors (Lipinski definition) is 0. The van der Waals surface area contributed by atoms with Crippen molar-refractivity contribution in [2.24, 2.45) is 0 Å². The number of aromatic nitrogens is 1. The average molecular weight is 248 g/mol. The second-order valence-electron chi connectivity index (χ2n) is 3.73. The van der Waals surface area contributed by atoms with Gasteiger partial charge in [0.05, 0.1) is 4.92 Å². The largest absolute Gasteiger partial charge is 0.289 e. The van der Waals surface area contributed by atoms with Crippen molar-refractivity contribution in [1.82, 2.24) is 3.97 Å². The van der Waals surface area contributed by atoms with Crippen LogP contribution in [-0.2, 0) is 0 Å². The van der Waals surface area contributed by atoms with E-state index in [2.05, 4.69) is 0 Å². The Balaban J connectivity index is 2.40. The van der Waals surface area contributed by atoms with Crippen molar-refractivity contribution in [3.63, 3.8) is 0 Å². The summed E-state index contributed by atoms with van der Waals surface area (Å²) in [4.78, 5) is 11.2. The summed E-state index contributed by atoms with van der Waals surface area (Å²) in [6.07, 6.45) is 0. The number of rotatable bonds is 3. The van der Waals surface area contributed by atoms with Crippen LogP contribution in [0.2, 0.25) is 0 Å². The Hall–Kier alpha value is -1.75. The van der Waals surface area contributed by atoms with Crippen LogP contribution in [0.4, 0.5) is 5.69 Å². The molecule has 2 rings (SSSR count). The van der Waals surface area contributed by atoms with Crippen molar-refractivity contribution in [2.75, 3.05) is 0 Å². The normalized spacial score (nSPS) is 10.5. The Morgan fingerprint density at radius 1 is 1.12 bits per heavy atom. The van der Waals surface area contributed by atoms with Gasteiger partial charge in [0.25, 0.3) is 5.69 Å². The lowest BCUT2D eigenvalue weighted by Gasteiger charge is -2.07. The van der Waals surface area contributed by atoms with E-state index in [4.69, 9.17) is 0 Å². The molecule has 17 heavy (non-hydrogen) atoms. The first kappa shape index (κ1) is 11.7. The molecule has 0 bridgehead atoms. The van der Waals surface area contributed by atoms with Crippen LogP contribution in [0.3, 0.4) is 0 Å². The fourth-order valence-corrected chi connectivity index (χ4v) is 2.56. The van der Waals surface area contributed by atoms with Gasteiger partial charge in [0, 0.05) is 17.5 Å². The van der Waals surface area contributed by atoms with E-state index < -0.39 is 0 Å². The number of nitrogens with zero attached hydrogens (tertiary/aromatic N) is 2. The highest BCUT2D eigenvalue weighted by Gasteiger charge is 2.14. The molecule has 1 aromatic heterocycles. The second-order valence-corrected chi connectivity index (χ2v) is 4.71. The predicted octanol–water partition coefficient (Wildman–Crippen LogP) is 3.57. The Labute approximate surface area is 104 Å². The first-order valence-corrected chi connectivity index (χ1v) is 5.93. The van der Waals surface area contributed by atoms with Crippen LogP contribution in [0, 0.1) is 24.0 Å². The van der Waals surface area contributed by atoms with E-state index in [1.807, 2.05) is 36.0 Å².